The fraction of sp³-hybridized carbons (Fsp3) is 0.150. The lowest BCUT2D eigenvalue weighted by atomic mass is 9.99. The molecule has 0 spiro atoms. The molecule has 0 amide bonds. The van der Waals surface area contributed by atoms with E-state index in [2.05, 4.69) is 65.2 Å². The second kappa shape index (κ2) is 15.0. The van der Waals surface area contributed by atoms with Gasteiger partial charge in [-0.05, 0) is 71.7 Å². The molecular formula is C40H35N3O3. The topological polar surface area (TPSA) is 69.3 Å². The van der Waals surface area contributed by atoms with Crippen molar-refractivity contribution in [2.45, 2.75) is 6.92 Å². The minimum atomic E-state index is 0.467. The minimum absolute atomic E-state index is 0.467. The summed E-state index contributed by atoms with van der Waals surface area (Å²) in [7, 11) is 0. The number of rotatable bonds is 13. The van der Waals surface area contributed by atoms with Gasteiger partial charge in [0.25, 0.3) is 0 Å². The highest BCUT2D eigenvalue weighted by atomic mass is 16.5. The van der Waals surface area contributed by atoms with E-state index in [4.69, 9.17) is 19.2 Å². The van der Waals surface area contributed by atoms with Gasteiger partial charge in [0.1, 0.15) is 18.2 Å². The highest BCUT2D eigenvalue weighted by Gasteiger charge is 2.14. The molecule has 1 heterocycles. The lowest BCUT2D eigenvalue weighted by Crippen LogP contribution is -2.10. The first-order valence-electron chi connectivity index (χ1n) is 15.5. The van der Waals surface area contributed by atoms with Gasteiger partial charge in [0.05, 0.1) is 42.5 Å². The Morgan fingerprint density at radius 2 is 1.33 bits per heavy atom. The zero-order valence-corrected chi connectivity index (χ0v) is 25.8. The van der Waals surface area contributed by atoms with Crippen LogP contribution in [-0.2, 0) is 9.47 Å². The molecule has 0 fully saturated rings. The third-order valence-electron chi connectivity index (χ3n) is 7.63. The van der Waals surface area contributed by atoms with Crippen molar-refractivity contribution in [2.75, 3.05) is 33.0 Å². The average molecular weight is 606 g/mol. The summed E-state index contributed by atoms with van der Waals surface area (Å²) >= 11 is 0. The van der Waals surface area contributed by atoms with Gasteiger partial charge in [0.15, 0.2) is 0 Å². The van der Waals surface area contributed by atoms with Crippen LogP contribution in [0, 0.1) is 11.3 Å². The Bertz CT molecular complexity index is 1940. The molecule has 6 heteroatoms. The van der Waals surface area contributed by atoms with E-state index in [0.717, 1.165) is 56.1 Å². The Labute approximate surface area is 269 Å². The highest BCUT2D eigenvalue weighted by molar-refractivity contribution is 5.90. The van der Waals surface area contributed by atoms with Crippen molar-refractivity contribution in [3.05, 3.63) is 139 Å². The summed E-state index contributed by atoms with van der Waals surface area (Å²) in [6, 6.07) is 45.2. The normalized spacial score (nSPS) is 11.4. The maximum absolute atomic E-state index is 9.92. The predicted octanol–water partition coefficient (Wildman–Crippen LogP) is 8.86. The molecule has 0 radical (unpaired) electrons. The van der Waals surface area contributed by atoms with Crippen LogP contribution in [0.4, 0.5) is 0 Å². The number of benzene rings is 5. The van der Waals surface area contributed by atoms with Gasteiger partial charge < -0.3 is 14.2 Å². The van der Waals surface area contributed by atoms with Gasteiger partial charge in [-0.3, -0.25) is 4.57 Å². The van der Waals surface area contributed by atoms with Crippen molar-refractivity contribution in [1.29, 1.82) is 5.26 Å². The maximum Gasteiger partial charge on any atom is 0.145 e. The minimum Gasteiger partial charge on any atom is -0.491 e. The zero-order valence-electron chi connectivity index (χ0n) is 25.8. The first kappa shape index (κ1) is 30.5. The third-order valence-corrected chi connectivity index (χ3v) is 7.63. The van der Waals surface area contributed by atoms with Gasteiger partial charge in [0, 0.05) is 17.9 Å². The number of allylic oxidation sites excluding steroid dienone is 1. The highest BCUT2D eigenvalue weighted by Crippen LogP contribution is 2.31. The number of hydrogen-bond donors (Lipinski definition) is 0. The smallest absolute Gasteiger partial charge is 0.145 e. The number of ether oxygens (including phenoxy) is 3. The Balaban J connectivity index is 1.13. The van der Waals surface area contributed by atoms with Crippen LogP contribution in [0.15, 0.2) is 127 Å². The Morgan fingerprint density at radius 3 is 2.04 bits per heavy atom. The summed E-state index contributed by atoms with van der Waals surface area (Å²) < 4.78 is 18.7. The fourth-order valence-electron chi connectivity index (χ4n) is 5.30. The SMILES string of the molecule is CCOCCOCCOc1ccc(/C=C(\C#N)c2ccc(-c3ccc(-c4nc5ccccc5n4-c4ccccc4)cc3)cc2)cc1. The van der Waals surface area contributed by atoms with E-state index in [9.17, 15) is 5.26 Å². The van der Waals surface area contributed by atoms with E-state index in [1.54, 1.807) is 0 Å². The van der Waals surface area contributed by atoms with Crippen LogP contribution >= 0.6 is 0 Å². The molecule has 6 rings (SSSR count). The van der Waals surface area contributed by atoms with Crippen LogP contribution in [0.25, 0.3) is 50.9 Å². The number of fused-ring (bicyclic) bond motifs is 1. The largest absolute Gasteiger partial charge is 0.491 e. The molecule has 0 atom stereocenters. The number of imidazole rings is 1. The predicted molar refractivity (Wildman–Crippen MR) is 185 cm³/mol. The molecule has 1 aromatic heterocycles. The van der Waals surface area contributed by atoms with Crippen LogP contribution in [0.5, 0.6) is 5.75 Å². The molecule has 0 saturated heterocycles. The third kappa shape index (κ3) is 7.24. The summed E-state index contributed by atoms with van der Waals surface area (Å²) in [6.07, 6.45) is 1.89. The summed E-state index contributed by atoms with van der Waals surface area (Å²) in [5.41, 5.74) is 8.71. The van der Waals surface area contributed by atoms with Crippen LogP contribution in [0.3, 0.4) is 0 Å². The molecule has 0 aliphatic rings. The Kier molecular flexibility index (Phi) is 9.96. The summed E-state index contributed by atoms with van der Waals surface area (Å²) in [4.78, 5) is 4.98. The van der Waals surface area contributed by atoms with Crippen LogP contribution in [0.2, 0.25) is 0 Å². The van der Waals surface area contributed by atoms with E-state index in [1.807, 2.05) is 85.8 Å². The van der Waals surface area contributed by atoms with Crippen LogP contribution in [-0.4, -0.2) is 42.6 Å². The number of nitrogens with zero attached hydrogens (tertiary/aromatic N) is 3. The van der Waals surface area contributed by atoms with Crippen molar-refractivity contribution in [3.8, 4) is 40.0 Å². The molecule has 228 valence electrons. The van der Waals surface area contributed by atoms with Crippen molar-refractivity contribution >= 4 is 22.7 Å². The summed E-state index contributed by atoms with van der Waals surface area (Å²) in [6.45, 7) is 4.78. The van der Waals surface area contributed by atoms with E-state index in [-0.39, 0.29) is 0 Å². The van der Waals surface area contributed by atoms with Crippen molar-refractivity contribution < 1.29 is 14.2 Å². The van der Waals surface area contributed by atoms with Gasteiger partial charge in [-0.25, -0.2) is 4.98 Å². The van der Waals surface area contributed by atoms with E-state index in [0.29, 0.717) is 38.6 Å². The molecule has 0 N–H and O–H groups in total. The molecule has 0 bridgehead atoms. The Hall–Kier alpha value is -5.48. The molecular weight excluding hydrogens is 570 g/mol. The summed E-state index contributed by atoms with van der Waals surface area (Å²) in [5.74, 6) is 1.66. The molecule has 6 aromatic rings. The first-order chi connectivity index (χ1) is 22.7. The fourth-order valence-corrected chi connectivity index (χ4v) is 5.30. The van der Waals surface area contributed by atoms with Crippen LogP contribution in [0.1, 0.15) is 18.1 Å². The molecule has 6 nitrogen and oxygen atoms in total. The lowest BCUT2D eigenvalue weighted by Gasteiger charge is -2.10. The number of aromatic nitrogens is 2. The van der Waals surface area contributed by atoms with Gasteiger partial charge >= 0.3 is 0 Å². The van der Waals surface area contributed by atoms with Gasteiger partial charge in [0.2, 0.25) is 0 Å². The van der Waals surface area contributed by atoms with Gasteiger partial charge in [-0.15, -0.1) is 0 Å². The lowest BCUT2D eigenvalue weighted by molar-refractivity contribution is 0.0405. The first-order valence-corrected chi connectivity index (χ1v) is 15.5. The molecule has 0 aliphatic carbocycles. The standard InChI is InChI=1S/C40H35N3O3/c1-2-44-24-25-45-26-27-46-37-22-12-30(13-23-37)28-35(29-41)33-16-14-31(15-17-33)32-18-20-34(21-19-32)40-42-38-10-6-7-11-39(38)43(40)36-8-4-3-5-9-36/h3-23,28H,2,24-27H2,1H3/b35-28+. The van der Waals surface area contributed by atoms with Gasteiger partial charge in [-0.2, -0.15) is 5.26 Å². The molecule has 0 unspecified atom stereocenters. The quantitative estimate of drug-likeness (QED) is 0.0747. The Morgan fingerprint density at radius 1 is 0.696 bits per heavy atom. The van der Waals surface area contributed by atoms with Gasteiger partial charge in [-0.1, -0.05) is 91.0 Å². The average Bonchev–Trinajstić information content (AvgIpc) is 3.51. The van der Waals surface area contributed by atoms with Crippen LogP contribution < -0.4 is 4.74 Å². The van der Waals surface area contributed by atoms with Crippen molar-refractivity contribution in [3.63, 3.8) is 0 Å². The molecule has 5 aromatic carbocycles. The summed E-state index contributed by atoms with van der Waals surface area (Å²) in [5, 5.41) is 9.92. The number of hydrogen-bond acceptors (Lipinski definition) is 5. The second-order valence-corrected chi connectivity index (χ2v) is 10.6. The van der Waals surface area contributed by atoms with E-state index >= 15 is 0 Å². The molecule has 0 aliphatic heterocycles. The monoisotopic (exact) mass is 605 g/mol. The second-order valence-electron chi connectivity index (χ2n) is 10.6. The zero-order chi connectivity index (χ0) is 31.6. The van der Waals surface area contributed by atoms with E-state index < -0.39 is 0 Å². The van der Waals surface area contributed by atoms with Crippen molar-refractivity contribution in [1.82, 2.24) is 9.55 Å². The molecule has 46 heavy (non-hydrogen) atoms. The number of nitriles is 1. The van der Waals surface area contributed by atoms with Crippen molar-refractivity contribution in [2.24, 2.45) is 0 Å². The number of para-hydroxylation sites is 3. The maximum atomic E-state index is 9.92. The molecule has 0 saturated carbocycles. The van der Waals surface area contributed by atoms with E-state index in [1.165, 1.54) is 0 Å².